The molecule has 1 fully saturated rings. The van der Waals surface area contributed by atoms with E-state index >= 15 is 0 Å². The van der Waals surface area contributed by atoms with E-state index in [2.05, 4.69) is 61.4 Å². The predicted octanol–water partition coefficient (Wildman–Crippen LogP) is 1.62. The second kappa shape index (κ2) is 7.02. The molecule has 1 aliphatic heterocycles. The molecule has 9 heteroatoms. The van der Waals surface area contributed by atoms with Crippen LogP contribution in [0.5, 0.6) is 0 Å². The normalized spacial score (nSPS) is 28.3. The van der Waals surface area contributed by atoms with Crippen molar-refractivity contribution >= 4 is 30.9 Å². The number of H-pyrrole nitrogens is 1. The number of rotatable bonds is 4. The largest absolute Gasteiger partial charge is 0.414 e. The first-order chi connectivity index (χ1) is 10.9. The zero-order valence-corrected chi connectivity index (χ0v) is 17.7. The molecule has 0 aliphatic carbocycles. The fourth-order valence-electron chi connectivity index (χ4n) is 2.20. The van der Waals surface area contributed by atoms with E-state index in [0.717, 1.165) is 0 Å². The van der Waals surface area contributed by atoms with Gasteiger partial charge in [0.25, 0.3) is 5.56 Å². The van der Waals surface area contributed by atoms with Gasteiger partial charge in [-0.25, -0.2) is 4.79 Å². The zero-order chi connectivity index (χ0) is 18.3. The average molecular weight is 468 g/mol. The molecule has 0 unspecified atom stereocenters. The van der Waals surface area contributed by atoms with Gasteiger partial charge in [0.2, 0.25) is 0 Å². The minimum Gasteiger partial charge on any atom is -0.414 e. The Morgan fingerprint density at radius 3 is 2.58 bits per heavy atom. The number of hydrogen-bond donors (Lipinski definition) is 2. The van der Waals surface area contributed by atoms with Crippen molar-refractivity contribution in [2.45, 2.75) is 61.3 Å². The monoisotopic (exact) mass is 468 g/mol. The van der Waals surface area contributed by atoms with E-state index in [1.165, 1.54) is 16.8 Å². The van der Waals surface area contributed by atoms with Gasteiger partial charge in [0.1, 0.15) is 6.10 Å². The SMILES string of the molecule is CC(C)(C)[Si](C)(C)OC[C@H]1O[C@@H](n2ccc(=O)[nH]c2=O)[C@H](I)[C@@H]1O. The Morgan fingerprint density at radius 1 is 1.42 bits per heavy atom. The van der Waals surface area contributed by atoms with E-state index in [-0.39, 0.29) is 15.6 Å². The first kappa shape index (κ1) is 19.8. The maximum absolute atomic E-state index is 12.0. The Balaban J connectivity index is 2.13. The van der Waals surface area contributed by atoms with Crippen molar-refractivity contribution in [1.29, 1.82) is 0 Å². The van der Waals surface area contributed by atoms with Crippen molar-refractivity contribution in [2.75, 3.05) is 6.61 Å². The molecule has 1 aromatic rings. The van der Waals surface area contributed by atoms with Crippen LogP contribution in [-0.2, 0) is 9.16 Å². The van der Waals surface area contributed by atoms with Gasteiger partial charge in [-0.15, -0.1) is 0 Å². The fourth-order valence-corrected chi connectivity index (χ4v) is 4.19. The van der Waals surface area contributed by atoms with Gasteiger partial charge < -0.3 is 14.3 Å². The van der Waals surface area contributed by atoms with Crippen LogP contribution in [0.4, 0.5) is 0 Å². The third kappa shape index (κ3) is 4.01. The summed E-state index contributed by atoms with van der Waals surface area (Å²) in [6.07, 6.45) is -0.511. The quantitative estimate of drug-likeness (QED) is 0.398. The summed E-state index contributed by atoms with van der Waals surface area (Å²) in [5.41, 5.74) is -1.01. The number of halogens is 1. The molecule has 0 saturated carbocycles. The highest BCUT2D eigenvalue weighted by atomic mass is 127. The number of aromatic nitrogens is 2. The van der Waals surface area contributed by atoms with Crippen LogP contribution in [0.2, 0.25) is 18.1 Å². The van der Waals surface area contributed by atoms with E-state index in [9.17, 15) is 14.7 Å². The number of aromatic amines is 1. The zero-order valence-electron chi connectivity index (χ0n) is 14.6. The first-order valence-corrected chi connectivity index (χ1v) is 12.0. The molecule has 0 bridgehead atoms. The first-order valence-electron chi connectivity index (χ1n) is 7.87. The van der Waals surface area contributed by atoms with Gasteiger partial charge in [-0.1, -0.05) is 43.4 Å². The summed E-state index contributed by atoms with van der Waals surface area (Å²) in [5.74, 6) is 0. The topological polar surface area (TPSA) is 93.5 Å². The highest BCUT2D eigenvalue weighted by Crippen LogP contribution is 2.38. The van der Waals surface area contributed by atoms with Gasteiger partial charge in [0.15, 0.2) is 14.5 Å². The molecule has 0 radical (unpaired) electrons. The van der Waals surface area contributed by atoms with Gasteiger partial charge >= 0.3 is 5.69 Å². The standard InChI is InChI=1S/C15H25IN2O5Si/c1-15(2,3)24(4,5)22-8-9-12(20)11(16)13(23-9)18-7-6-10(19)17-14(18)21/h6-7,9,11-13,20H,8H2,1-5H3,(H,17,19,21)/t9-,11-,12-,13-/m1/s1. The van der Waals surface area contributed by atoms with Crippen LogP contribution in [0.25, 0.3) is 0 Å². The molecule has 2 rings (SSSR count). The Bertz CT molecular complexity index is 696. The van der Waals surface area contributed by atoms with Crippen LogP contribution in [-0.4, -0.2) is 45.7 Å². The second-order valence-electron chi connectivity index (χ2n) is 7.59. The van der Waals surface area contributed by atoms with Crippen LogP contribution in [0, 0.1) is 0 Å². The van der Waals surface area contributed by atoms with Crippen LogP contribution in [0.1, 0.15) is 27.0 Å². The Labute approximate surface area is 155 Å². The number of ether oxygens (including phenoxy) is 1. The van der Waals surface area contributed by atoms with Gasteiger partial charge in [0, 0.05) is 12.3 Å². The third-order valence-electron chi connectivity index (χ3n) is 4.83. The summed E-state index contributed by atoms with van der Waals surface area (Å²) < 4.78 is 13.0. The number of hydrogen-bond acceptors (Lipinski definition) is 5. The lowest BCUT2D eigenvalue weighted by atomic mass is 10.2. The van der Waals surface area contributed by atoms with Crippen molar-refractivity contribution in [3.63, 3.8) is 0 Å². The van der Waals surface area contributed by atoms with E-state index in [1.807, 2.05) is 0 Å². The molecule has 7 nitrogen and oxygen atoms in total. The summed E-state index contributed by atoms with van der Waals surface area (Å²) in [6, 6.07) is 1.26. The van der Waals surface area contributed by atoms with Crippen molar-refractivity contribution in [3.05, 3.63) is 33.1 Å². The van der Waals surface area contributed by atoms with Crippen molar-refractivity contribution in [1.82, 2.24) is 9.55 Å². The van der Waals surface area contributed by atoms with Crippen molar-refractivity contribution in [2.24, 2.45) is 0 Å². The molecule has 136 valence electrons. The molecular formula is C15H25IN2O5Si. The maximum Gasteiger partial charge on any atom is 0.330 e. The summed E-state index contributed by atoms with van der Waals surface area (Å²) >= 11 is 2.07. The Morgan fingerprint density at radius 2 is 2.04 bits per heavy atom. The summed E-state index contributed by atoms with van der Waals surface area (Å²) in [5, 5.41) is 10.5. The van der Waals surface area contributed by atoms with E-state index < -0.39 is 38.0 Å². The van der Waals surface area contributed by atoms with Crippen LogP contribution in [0.15, 0.2) is 21.9 Å². The Kier molecular flexibility index (Phi) is 5.80. The highest BCUT2D eigenvalue weighted by molar-refractivity contribution is 14.1. The third-order valence-corrected chi connectivity index (χ3v) is 10.7. The highest BCUT2D eigenvalue weighted by Gasteiger charge is 2.45. The smallest absolute Gasteiger partial charge is 0.330 e. The van der Waals surface area contributed by atoms with E-state index in [4.69, 9.17) is 9.16 Å². The molecule has 24 heavy (non-hydrogen) atoms. The van der Waals surface area contributed by atoms with Crippen LogP contribution < -0.4 is 11.2 Å². The summed E-state index contributed by atoms with van der Waals surface area (Å²) in [4.78, 5) is 25.4. The molecule has 1 saturated heterocycles. The van der Waals surface area contributed by atoms with Crippen LogP contribution >= 0.6 is 22.6 Å². The van der Waals surface area contributed by atoms with E-state index in [1.54, 1.807) is 0 Å². The molecule has 0 aromatic carbocycles. The minimum atomic E-state index is -1.95. The molecule has 1 aliphatic rings. The van der Waals surface area contributed by atoms with Gasteiger partial charge in [-0.2, -0.15) is 0 Å². The second-order valence-corrected chi connectivity index (χ2v) is 13.8. The number of alkyl halides is 1. The summed E-state index contributed by atoms with van der Waals surface area (Å²) in [6.45, 7) is 11.0. The Hall–Kier alpha value is -0.493. The molecule has 2 N–H and O–H groups in total. The number of nitrogens with zero attached hydrogens (tertiary/aromatic N) is 1. The average Bonchev–Trinajstić information content (AvgIpc) is 2.72. The summed E-state index contributed by atoms with van der Waals surface area (Å²) in [7, 11) is -1.95. The number of aliphatic hydroxyl groups excluding tert-OH is 1. The lowest BCUT2D eigenvalue weighted by Gasteiger charge is -2.37. The number of nitrogens with one attached hydrogen (secondary N) is 1. The van der Waals surface area contributed by atoms with Gasteiger partial charge in [-0.05, 0) is 18.1 Å². The van der Waals surface area contributed by atoms with Gasteiger partial charge in [0.05, 0.1) is 16.6 Å². The predicted molar refractivity (Wildman–Crippen MR) is 102 cm³/mol. The number of aliphatic hydroxyl groups is 1. The lowest BCUT2D eigenvalue weighted by molar-refractivity contribution is -0.0429. The molecular weight excluding hydrogens is 443 g/mol. The maximum atomic E-state index is 12.0. The van der Waals surface area contributed by atoms with Gasteiger partial charge in [-0.3, -0.25) is 14.3 Å². The minimum absolute atomic E-state index is 0.0650. The molecule has 0 amide bonds. The molecule has 1 aromatic heterocycles. The molecule has 4 atom stereocenters. The van der Waals surface area contributed by atoms with Crippen molar-refractivity contribution in [3.8, 4) is 0 Å². The van der Waals surface area contributed by atoms with Crippen molar-refractivity contribution < 1.29 is 14.3 Å². The lowest BCUT2D eigenvalue weighted by Crippen LogP contribution is -2.44. The van der Waals surface area contributed by atoms with E-state index in [0.29, 0.717) is 0 Å². The molecule has 2 heterocycles. The molecule has 0 spiro atoms. The van der Waals surface area contributed by atoms with Crippen LogP contribution in [0.3, 0.4) is 0 Å². The fraction of sp³-hybridized carbons (Fsp3) is 0.733.